The molecule has 0 aromatic heterocycles. The molecule has 4 rings (SSSR count). The Morgan fingerprint density at radius 1 is 0.850 bits per heavy atom. The van der Waals surface area contributed by atoms with Crippen molar-refractivity contribution in [2.45, 2.75) is 6.42 Å². The van der Waals surface area contributed by atoms with Gasteiger partial charge in [-0.05, 0) is 17.7 Å². The van der Waals surface area contributed by atoms with E-state index >= 15 is 0 Å². The molecular weight excluding hydrogens is 246 g/mol. The molecule has 0 bridgehead atoms. The Morgan fingerprint density at radius 2 is 1.65 bits per heavy atom. The molecule has 2 aliphatic heterocycles. The van der Waals surface area contributed by atoms with Gasteiger partial charge in [0.2, 0.25) is 0 Å². The highest BCUT2D eigenvalue weighted by atomic mass is 16.3. The van der Waals surface area contributed by atoms with Gasteiger partial charge >= 0.3 is 0 Å². The molecule has 0 saturated heterocycles. The van der Waals surface area contributed by atoms with Crippen LogP contribution < -0.4 is 0 Å². The summed E-state index contributed by atoms with van der Waals surface area (Å²) in [6.07, 6.45) is 2.52. The van der Waals surface area contributed by atoms with Crippen molar-refractivity contribution < 1.29 is 4.42 Å². The first kappa shape index (κ1) is 11.2. The van der Waals surface area contributed by atoms with E-state index in [4.69, 9.17) is 9.40 Å². The summed E-state index contributed by atoms with van der Waals surface area (Å²) in [6, 6.07) is 20.5. The van der Waals surface area contributed by atoms with Gasteiger partial charge in [-0.1, -0.05) is 48.5 Å². The lowest BCUT2D eigenvalue weighted by atomic mass is 10.0. The van der Waals surface area contributed by atoms with Crippen LogP contribution in [0.1, 0.15) is 11.3 Å². The number of hydrogen-bond donors (Lipinski definition) is 0. The number of aromatic nitrogens is 1. The highest BCUT2D eigenvalue weighted by Crippen LogP contribution is 2.34. The predicted molar refractivity (Wildman–Crippen MR) is 79.9 cm³/mol. The van der Waals surface area contributed by atoms with Crippen molar-refractivity contribution in [2.24, 2.45) is 0 Å². The van der Waals surface area contributed by atoms with Crippen LogP contribution in [0, 0.1) is 0 Å². The van der Waals surface area contributed by atoms with Crippen LogP contribution in [0.5, 0.6) is 0 Å². The van der Waals surface area contributed by atoms with Gasteiger partial charge in [0.25, 0.3) is 0 Å². The Labute approximate surface area is 117 Å². The molecule has 96 valence electrons. The van der Waals surface area contributed by atoms with E-state index in [1.165, 1.54) is 10.9 Å². The van der Waals surface area contributed by atoms with Gasteiger partial charge in [0.15, 0.2) is 0 Å². The third-order valence-electron chi connectivity index (χ3n) is 3.60. The number of fused-ring (bicyclic) bond motifs is 3. The second-order valence-electron chi connectivity index (χ2n) is 4.90. The largest absolute Gasteiger partial charge is 0.467 e. The van der Waals surface area contributed by atoms with Crippen LogP contribution in [0.3, 0.4) is 0 Å². The minimum Gasteiger partial charge on any atom is -0.467 e. The topological polar surface area (TPSA) is 26.0 Å². The number of nitrogens with zero attached hydrogens (tertiary/aromatic N) is 1. The van der Waals surface area contributed by atoms with Crippen LogP contribution in [-0.2, 0) is 6.42 Å². The second kappa shape index (κ2) is 4.49. The number of hydrogen-bond acceptors (Lipinski definition) is 2. The Balaban J connectivity index is 1.87. The first-order valence-corrected chi connectivity index (χ1v) is 6.70. The van der Waals surface area contributed by atoms with Crippen molar-refractivity contribution in [3.63, 3.8) is 0 Å². The molecule has 0 N–H and O–H groups in total. The fourth-order valence-corrected chi connectivity index (χ4v) is 2.64. The maximum Gasteiger partial charge on any atom is 0.134 e. The lowest BCUT2D eigenvalue weighted by Gasteiger charge is -2.05. The van der Waals surface area contributed by atoms with Gasteiger partial charge in [0, 0.05) is 17.4 Å². The van der Waals surface area contributed by atoms with Crippen LogP contribution in [0.25, 0.3) is 22.2 Å². The smallest absolute Gasteiger partial charge is 0.134 e. The summed E-state index contributed by atoms with van der Waals surface area (Å²) in [4.78, 5) is 4.72. The first-order valence-electron chi connectivity index (χ1n) is 6.70. The molecule has 0 amide bonds. The van der Waals surface area contributed by atoms with E-state index in [9.17, 15) is 0 Å². The minimum atomic E-state index is 0.765. The lowest BCUT2D eigenvalue weighted by molar-refractivity contribution is 0.503. The Morgan fingerprint density at radius 3 is 2.55 bits per heavy atom. The normalized spacial score (nSPS) is 11.2. The van der Waals surface area contributed by atoms with Crippen molar-refractivity contribution in [1.29, 1.82) is 0 Å². The van der Waals surface area contributed by atoms with Crippen LogP contribution in [0.2, 0.25) is 0 Å². The van der Waals surface area contributed by atoms with Gasteiger partial charge < -0.3 is 4.42 Å². The summed E-state index contributed by atoms with van der Waals surface area (Å²) in [5.74, 6) is 0.921. The molecule has 0 radical (unpaired) electrons. The summed E-state index contributed by atoms with van der Waals surface area (Å²) in [6.45, 7) is 0. The van der Waals surface area contributed by atoms with Crippen molar-refractivity contribution in [1.82, 2.24) is 4.98 Å². The van der Waals surface area contributed by atoms with Crippen LogP contribution >= 0.6 is 0 Å². The van der Waals surface area contributed by atoms with E-state index in [2.05, 4.69) is 18.2 Å². The van der Waals surface area contributed by atoms with Gasteiger partial charge in [-0.2, -0.15) is 0 Å². The molecule has 2 aliphatic rings. The Bertz CT molecular complexity index is 832. The number of rotatable bonds is 2. The Kier molecular flexibility index (Phi) is 2.52. The van der Waals surface area contributed by atoms with E-state index in [-0.39, 0.29) is 0 Å². The summed E-state index contributed by atoms with van der Waals surface area (Å²) in [5.41, 5.74) is 4.39. The van der Waals surface area contributed by atoms with Crippen molar-refractivity contribution in [2.75, 3.05) is 0 Å². The van der Waals surface area contributed by atoms with E-state index in [1.807, 2.05) is 42.5 Å². The third kappa shape index (κ3) is 1.77. The third-order valence-corrected chi connectivity index (χ3v) is 3.60. The zero-order chi connectivity index (χ0) is 13.4. The molecule has 0 fully saturated rings. The van der Waals surface area contributed by atoms with Crippen LogP contribution in [0.4, 0.5) is 0 Å². The lowest BCUT2D eigenvalue weighted by Crippen LogP contribution is -1.92. The number of para-hydroxylation sites is 1. The average molecular weight is 259 g/mol. The SMILES string of the molecule is c1ccc(Cc2occc3c4ccccc4nc2-3)cc1. The fraction of sp³-hybridized carbons (Fsp3) is 0.0556. The monoisotopic (exact) mass is 259 g/mol. The van der Waals surface area contributed by atoms with Gasteiger partial charge in [0.1, 0.15) is 11.5 Å². The zero-order valence-electron chi connectivity index (χ0n) is 10.9. The number of benzene rings is 2. The maximum atomic E-state index is 5.71. The molecule has 0 aliphatic carbocycles. The maximum absolute atomic E-state index is 5.71. The summed E-state index contributed by atoms with van der Waals surface area (Å²) >= 11 is 0. The molecule has 2 aromatic carbocycles. The van der Waals surface area contributed by atoms with Gasteiger partial charge in [-0.15, -0.1) is 0 Å². The van der Waals surface area contributed by atoms with Crippen LogP contribution in [-0.4, -0.2) is 4.98 Å². The molecule has 2 aromatic rings. The standard InChI is InChI=1S/C18H13NO/c1-2-6-13(7-3-1)12-17-18-15(10-11-20-17)14-8-4-5-9-16(14)19-18/h1-11H,12H2. The average Bonchev–Trinajstić information content (AvgIpc) is 2.88. The summed E-state index contributed by atoms with van der Waals surface area (Å²) < 4.78 is 5.71. The van der Waals surface area contributed by atoms with E-state index in [0.29, 0.717) is 0 Å². The van der Waals surface area contributed by atoms with Crippen molar-refractivity contribution in [3.8, 4) is 11.3 Å². The summed E-state index contributed by atoms with van der Waals surface area (Å²) in [7, 11) is 0. The van der Waals surface area contributed by atoms with E-state index in [0.717, 1.165) is 29.0 Å². The van der Waals surface area contributed by atoms with Crippen molar-refractivity contribution in [3.05, 3.63) is 78.3 Å². The van der Waals surface area contributed by atoms with Crippen LogP contribution in [0.15, 0.2) is 71.3 Å². The molecule has 2 heterocycles. The molecular formula is C18H13NO. The van der Waals surface area contributed by atoms with Crippen molar-refractivity contribution >= 4 is 10.9 Å². The molecule has 0 saturated carbocycles. The highest BCUT2D eigenvalue weighted by Gasteiger charge is 2.17. The molecule has 0 atom stereocenters. The predicted octanol–water partition coefficient (Wildman–Crippen LogP) is 4.52. The van der Waals surface area contributed by atoms with Gasteiger partial charge in [0.05, 0.1) is 11.8 Å². The Hall–Kier alpha value is -2.61. The van der Waals surface area contributed by atoms with Gasteiger partial charge in [-0.25, -0.2) is 4.98 Å². The fourth-order valence-electron chi connectivity index (χ4n) is 2.64. The molecule has 2 heteroatoms. The van der Waals surface area contributed by atoms with E-state index in [1.54, 1.807) is 6.26 Å². The van der Waals surface area contributed by atoms with E-state index < -0.39 is 0 Å². The summed E-state index contributed by atoms with van der Waals surface area (Å²) in [5, 5.41) is 1.19. The highest BCUT2D eigenvalue weighted by molar-refractivity contribution is 5.97. The molecule has 20 heavy (non-hydrogen) atoms. The molecule has 2 nitrogen and oxygen atoms in total. The minimum absolute atomic E-state index is 0.765. The quantitative estimate of drug-likeness (QED) is 0.529. The molecule has 0 spiro atoms. The van der Waals surface area contributed by atoms with Gasteiger partial charge in [-0.3, -0.25) is 0 Å². The zero-order valence-corrected chi connectivity index (χ0v) is 10.9. The second-order valence-corrected chi connectivity index (χ2v) is 4.90. The first-order chi connectivity index (χ1) is 9.92. The molecule has 0 unspecified atom stereocenters.